The van der Waals surface area contributed by atoms with E-state index in [4.69, 9.17) is 13.3 Å². The highest BCUT2D eigenvalue weighted by Gasteiger charge is 2.28. The minimum absolute atomic E-state index is 0.848. The van der Waals surface area contributed by atoms with Gasteiger partial charge in [-0.05, 0) is 203 Å². The molecule has 0 aliphatic rings. The van der Waals surface area contributed by atoms with E-state index in [1.807, 2.05) is 59.1 Å². The Labute approximate surface area is 822 Å². The molecule has 664 valence electrons. The van der Waals surface area contributed by atoms with Crippen LogP contribution in [-0.4, -0.2) is 4.57 Å². The summed E-state index contributed by atoms with van der Waals surface area (Å²) in [6.07, 6.45) is 0. The molecular weight excluding hydrogens is 1750 g/mol. The highest BCUT2D eigenvalue weighted by Crippen LogP contribution is 2.53. The molecule has 141 heavy (non-hydrogen) atoms. The maximum absolute atomic E-state index is 6.66. The molecule has 0 saturated carbocycles. The third-order valence-electron chi connectivity index (χ3n) is 27.3. The zero-order valence-electron chi connectivity index (χ0n) is 76.5. The molecule has 7 nitrogen and oxygen atoms in total. The fraction of sp³-hybridized carbons (Fsp3) is 0. The van der Waals surface area contributed by atoms with Crippen LogP contribution in [0.15, 0.2) is 535 Å². The molecule has 0 aliphatic carbocycles. The number of anilines is 9. The molecular formula is C132H86N4O3S2. The molecule has 0 unspecified atom stereocenters. The second-order valence-corrected chi connectivity index (χ2v) is 37.7. The van der Waals surface area contributed by atoms with Crippen molar-refractivity contribution in [1.29, 1.82) is 0 Å². The summed E-state index contributed by atoms with van der Waals surface area (Å²) in [5.41, 5.74) is 32.6. The van der Waals surface area contributed by atoms with Gasteiger partial charge in [0.05, 0.1) is 11.0 Å². The fourth-order valence-electron chi connectivity index (χ4n) is 20.7. The summed E-state index contributed by atoms with van der Waals surface area (Å²) in [5, 5.41) is 14.2. The normalized spacial score (nSPS) is 11.5. The van der Waals surface area contributed by atoms with Crippen LogP contribution in [0.3, 0.4) is 0 Å². The zero-order valence-corrected chi connectivity index (χ0v) is 78.1. The van der Waals surface area contributed by atoms with Crippen LogP contribution in [0, 0.1) is 0 Å². The first kappa shape index (κ1) is 83.5. The van der Waals surface area contributed by atoms with E-state index in [-0.39, 0.29) is 0 Å². The van der Waals surface area contributed by atoms with Crippen LogP contribution >= 0.6 is 22.7 Å². The molecule has 6 aromatic heterocycles. The minimum atomic E-state index is 0.848. The molecule has 0 aliphatic heterocycles. The van der Waals surface area contributed by atoms with Crippen molar-refractivity contribution in [2.45, 2.75) is 0 Å². The lowest BCUT2D eigenvalue weighted by Crippen LogP contribution is -2.10. The molecule has 0 fully saturated rings. The third kappa shape index (κ3) is 15.3. The van der Waals surface area contributed by atoms with E-state index in [1.54, 1.807) is 0 Å². The van der Waals surface area contributed by atoms with Crippen LogP contribution in [0.4, 0.5) is 51.2 Å². The molecule has 28 rings (SSSR count). The van der Waals surface area contributed by atoms with E-state index in [2.05, 4.69) is 505 Å². The predicted molar refractivity (Wildman–Crippen MR) is 598 cm³/mol. The van der Waals surface area contributed by atoms with Crippen LogP contribution in [0.5, 0.6) is 0 Å². The summed E-state index contributed by atoms with van der Waals surface area (Å²) < 4.78 is 27.4. The summed E-state index contributed by atoms with van der Waals surface area (Å²) in [6.45, 7) is 0. The van der Waals surface area contributed by atoms with Crippen LogP contribution < -0.4 is 14.7 Å². The Kier molecular flexibility index (Phi) is 21.2. The number of aromatic nitrogens is 1. The van der Waals surface area contributed by atoms with Crippen molar-refractivity contribution in [3.05, 3.63) is 522 Å². The summed E-state index contributed by atoms with van der Waals surface area (Å²) in [7, 11) is 0. The number of furan rings is 3. The van der Waals surface area contributed by atoms with Gasteiger partial charge in [-0.1, -0.05) is 358 Å². The Morgan fingerprint density at radius 3 is 0.929 bits per heavy atom. The molecule has 9 heteroatoms. The molecule has 22 aromatic carbocycles. The summed E-state index contributed by atoms with van der Waals surface area (Å²) in [6, 6.07) is 186. The van der Waals surface area contributed by atoms with E-state index in [0.29, 0.717) is 0 Å². The number of rotatable bonds is 16. The number of hydrogen-bond acceptors (Lipinski definition) is 8. The first-order valence-corrected chi connectivity index (χ1v) is 49.4. The topological polar surface area (TPSA) is 54.1 Å². The second kappa shape index (κ2) is 35.9. The lowest BCUT2D eigenvalue weighted by Gasteiger charge is -2.26. The molecule has 0 amide bonds. The first-order valence-electron chi connectivity index (χ1n) is 47.7. The first-order chi connectivity index (χ1) is 69.9. The number of para-hydroxylation sites is 9. The average Bonchev–Trinajstić information content (AvgIpc) is 1.56. The average molecular weight is 1840 g/mol. The van der Waals surface area contributed by atoms with Gasteiger partial charge in [-0.25, -0.2) is 0 Å². The van der Waals surface area contributed by atoms with Gasteiger partial charge in [-0.2, -0.15) is 0 Å². The Morgan fingerprint density at radius 2 is 0.468 bits per heavy atom. The van der Waals surface area contributed by atoms with Crippen LogP contribution in [0.2, 0.25) is 0 Å². The minimum Gasteiger partial charge on any atom is -0.455 e. The highest BCUT2D eigenvalue weighted by atomic mass is 32.1. The summed E-state index contributed by atoms with van der Waals surface area (Å²) >= 11 is 3.73. The number of nitrogens with zero attached hydrogens (tertiary/aromatic N) is 4. The number of fused-ring (bicyclic) bond motifs is 18. The lowest BCUT2D eigenvalue weighted by molar-refractivity contribution is 0.665. The van der Waals surface area contributed by atoms with Gasteiger partial charge in [0.1, 0.15) is 33.5 Å². The smallest absolute Gasteiger partial charge is 0.143 e. The molecule has 0 radical (unpaired) electrons. The molecule has 0 bridgehead atoms. The Bertz CT molecular complexity index is 9180. The number of hydrogen-bond donors (Lipinski definition) is 0. The lowest BCUT2D eigenvalue weighted by atomic mass is 9.98. The molecule has 0 saturated heterocycles. The van der Waals surface area contributed by atoms with Crippen molar-refractivity contribution in [2.24, 2.45) is 0 Å². The van der Waals surface area contributed by atoms with E-state index in [1.165, 1.54) is 112 Å². The molecule has 28 aromatic rings. The largest absolute Gasteiger partial charge is 0.455 e. The Hall–Kier alpha value is -18.1. The number of thiophene rings is 2. The molecule has 0 N–H and O–H groups in total. The maximum Gasteiger partial charge on any atom is 0.143 e. The predicted octanol–water partition coefficient (Wildman–Crippen LogP) is 39.0. The van der Waals surface area contributed by atoms with Gasteiger partial charge in [0, 0.05) is 168 Å². The maximum atomic E-state index is 6.66. The van der Waals surface area contributed by atoms with E-state index < -0.39 is 0 Å². The van der Waals surface area contributed by atoms with Gasteiger partial charge in [-0.3, -0.25) is 0 Å². The Balaban J connectivity index is 0.000000109. The van der Waals surface area contributed by atoms with Gasteiger partial charge < -0.3 is 32.5 Å². The van der Waals surface area contributed by atoms with E-state index >= 15 is 0 Å². The zero-order chi connectivity index (χ0) is 93.2. The number of benzene rings is 22. The summed E-state index contributed by atoms with van der Waals surface area (Å²) in [4.78, 5) is 7.06. The van der Waals surface area contributed by atoms with Gasteiger partial charge in [0.2, 0.25) is 0 Å². The standard InChI is InChI=1S/C48H32N2S.C42H27NO2.C42H27NOS/c1-4-14-33(15-5-1)34-24-27-38(28-25-34)49(36-16-6-2-7-17-36)39-31-43(48-44(32-39)42-21-11-13-23-47(42)51-48)35-26-29-41-40-20-10-12-22-45(40)50(46(41)30-35)37-18-8-3-9-19-37;1-3-12-28(13-4-1)29-22-24-31(25-23-29)43(30-14-5-2-6-15-30)32-26-37-34-17-8-10-21-40(34)45-42(37)38(27-32)36-19-11-18-35-33-16-7-9-20-39(33)44-41(35)36;1-3-12-28(13-4-1)29-22-24-31(25-23-29)43(30-14-5-2-6-15-30)32-26-37-33-16-7-9-20-39(33)44-41(37)38(27-32)36-19-11-18-35-34-17-8-10-21-40(34)45-42(35)36/h1-32H;2*1-27H. The van der Waals surface area contributed by atoms with Gasteiger partial charge in [0.25, 0.3) is 0 Å². The van der Waals surface area contributed by atoms with Crippen molar-refractivity contribution < 1.29 is 13.3 Å². The quantitative estimate of drug-likeness (QED) is 0.0961. The molecule has 6 heterocycles. The van der Waals surface area contributed by atoms with Crippen LogP contribution in [0.25, 0.3) is 200 Å². The van der Waals surface area contributed by atoms with Crippen molar-refractivity contribution >= 4 is 202 Å². The second-order valence-electron chi connectivity index (χ2n) is 35.6. The van der Waals surface area contributed by atoms with Crippen molar-refractivity contribution in [2.75, 3.05) is 14.7 Å². The van der Waals surface area contributed by atoms with Crippen molar-refractivity contribution in [3.63, 3.8) is 0 Å². The molecule has 0 spiro atoms. The van der Waals surface area contributed by atoms with Crippen LogP contribution in [-0.2, 0) is 0 Å². The van der Waals surface area contributed by atoms with Crippen molar-refractivity contribution in [3.8, 4) is 72.4 Å². The fourth-order valence-corrected chi connectivity index (χ4v) is 23.2. The van der Waals surface area contributed by atoms with Crippen LogP contribution in [0.1, 0.15) is 0 Å². The Morgan fingerprint density at radius 1 is 0.163 bits per heavy atom. The van der Waals surface area contributed by atoms with Gasteiger partial charge in [0.15, 0.2) is 0 Å². The van der Waals surface area contributed by atoms with E-state index in [9.17, 15) is 0 Å². The SMILES string of the molecule is c1ccc(-c2ccc(N(c3ccccc3)c3cc(-c4ccc5c6ccccc6n(-c6ccccc6)c5c4)c4sc5ccccc5c4c3)cc2)cc1.c1ccc(-c2ccc(N(c3ccccc3)c3cc(-c4cccc5c4oc4ccccc45)c4oc5ccccc5c4c3)cc2)cc1.c1ccc(-c2ccc(N(c3ccccc3)c3cc(-c4cccc5c4sc4ccccc45)c4oc5ccccc5c4c3)cc2)cc1. The van der Waals surface area contributed by atoms with Gasteiger partial charge in [-0.15, -0.1) is 22.7 Å². The van der Waals surface area contributed by atoms with Crippen molar-refractivity contribution in [1.82, 2.24) is 4.57 Å². The van der Waals surface area contributed by atoms with E-state index in [0.717, 1.165) is 139 Å². The monoisotopic (exact) mass is 1840 g/mol. The van der Waals surface area contributed by atoms with Gasteiger partial charge >= 0.3 is 0 Å². The molecule has 0 atom stereocenters. The summed E-state index contributed by atoms with van der Waals surface area (Å²) in [5.74, 6) is 0. The third-order valence-corrected chi connectivity index (χ3v) is 29.7. The highest BCUT2D eigenvalue weighted by molar-refractivity contribution is 7.26.